The van der Waals surface area contributed by atoms with E-state index in [0.29, 0.717) is 16.9 Å². The molecule has 7 heteroatoms. The summed E-state index contributed by atoms with van der Waals surface area (Å²) >= 11 is 0. The summed E-state index contributed by atoms with van der Waals surface area (Å²) in [4.78, 5) is 0. The molecular weight excluding hydrogens is 316 g/mol. The number of aliphatic hydroxyl groups is 1. The lowest BCUT2D eigenvalue weighted by Gasteiger charge is -2.31. The molecule has 4 N–H and O–H groups in total. The number of benzene rings is 2. The molecule has 0 fully saturated rings. The van der Waals surface area contributed by atoms with E-state index in [0.717, 1.165) is 0 Å². The summed E-state index contributed by atoms with van der Waals surface area (Å²) in [6.07, 6.45) is -1.04. The second-order valence-electron chi connectivity index (χ2n) is 5.48. The van der Waals surface area contributed by atoms with Gasteiger partial charge in [0, 0.05) is 17.2 Å². The van der Waals surface area contributed by atoms with Gasteiger partial charge in [0.25, 0.3) is 0 Å². The van der Waals surface area contributed by atoms with Crippen LogP contribution in [-0.2, 0) is 0 Å². The van der Waals surface area contributed by atoms with E-state index in [1.54, 1.807) is 6.07 Å². The normalized spacial score (nSPS) is 19.3. The molecule has 0 bridgehead atoms. The van der Waals surface area contributed by atoms with E-state index in [9.17, 15) is 20.4 Å². The Kier molecular flexibility index (Phi) is 4.02. The molecular formula is C17H18O7. The van der Waals surface area contributed by atoms with Crippen molar-refractivity contribution in [3.05, 3.63) is 35.4 Å². The van der Waals surface area contributed by atoms with Gasteiger partial charge in [0.15, 0.2) is 23.0 Å². The van der Waals surface area contributed by atoms with E-state index in [4.69, 9.17) is 14.2 Å². The van der Waals surface area contributed by atoms with Gasteiger partial charge >= 0.3 is 0 Å². The second kappa shape index (κ2) is 6.01. The van der Waals surface area contributed by atoms with E-state index in [2.05, 4.69) is 0 Å². The van der Waals surface area contributed by atoms with Crippen LogP contribution in [0.5, 0.6) is 34.5 Å². The second-order valence-corrected chi connectivity index (χ2v) is 5.48. The van der Waals surface area contributed by atoms with Crippen molar-refractivity contribution >= 4 is 0 Å². The minimum atomic E-state index is -1.04. The highest BCUT2D eigenvalue weighted by Gasteiger charge is 2.34. The zero-order chi connectivity index (χ0) is 17.4. The molecule has 24 heavy (non-hydrogen) atoms. The van der Waals surface area contributed by atoms with Crippen LogP contribution < -0.4 is 14.2 Å². The fourth-order valence-electron chi connectivity index (χ4n) is 2.87. The zero-order valence-electron chi connectivity index (χ0n) is 13.2. The Hall–Kier alpha value is -2.80. The number of phenolic OH excluding ortho intramolecular Hbond substituents is 3. The average molecular weight is 334 g/mol. The van der Waals surface area contributed by atoms with E-state index in [-0.39, 0.29) is 29.6 Å². The Morgan fingerprint density at radius 3 is 2.33 bits per heavy atom. The number of hydrogen-bond donors (Lipinski definition) is 4. The third-order valence-electron chi connectivity index (χ3n) is 4.19. The highest BCUT2D eigenvalue weighted by atomic mass is 16.5. The molecule has 0 spiro atoms. The number of fused-ring (bicyclic) bond motifs is 1. The number of ether oxygens (including phenoxy) is 3. The number of phenols is 3. The van der Waals surface area contributed by atoms with Crippen molar-refractivity contribution in [2.24, 2.45) is 0 Å². The first-order valence-electron chi connectivity index (χ1n) is 7.28. The number of rotatable bonds is 3. The van der Waals surface area contributed by atoms with Crippen LogP contribution in [0.2, 0.25) is 0 Å². The van der Waals surface area contributed by atoms with Crippen LogP contribution in [0, 0.1) is 0 Å². The predicted octanol–water partition coefficient (Wildman–Crippen LogP) is 2.03. The van der Waals surface area contributed by atoms with E-state index in [1.807, 2.05) is 0 Å². The van der Waals surface area contributed by atoms with Crippen LogP contribution in [0.3, 0.4) is 0 Å². The summed E-state index contributed by atoms with van der Waals surface area (Å²) in [5, 5.41) is 40.7. The van der Waals surface area contributed by atoms with Gasteiger partial charge in [-0.3, -0.25) is 0 Å². The first kappa shape index (κ1) is 16.1. The average Bonchev–Trinajstić information content (AvgIpc) is 2.58. The molecule has 7 nitrogen and oxygen atoms in total. The van der Waals surface area contributed by atoms with Gasteiger partial charge in [0.1, 0.15) is 5.75 Å². The van der Waals surface area contributed by atoms with Gasteiger partial charge in [-0.2, -0.15) is 0 Å². The Bertz CT molecular complexity index is 772. The van der Waals surface area contributed by atoms with Crippen molar-refractivity contribution in [1.82, 2.24) is 0 Å². The van der Waals surface area contributed by atoms with Crippen molar-refractivity contribution in [3.63, 3.8) is 0 Å². The summed E-state index contributed by atoms with van der Waals surface area (Å²) in [5.74, 6) is -0.752. The van der Waals surface area contributed by atoms with Gasteiger partial charge in [0.2, 0.25) is 5.75 Å². The van der Waals surface area contributed by atoms with Crippen molar-refractivity contribution in [3.8, 4) is 34.5 Å². The maximum atomic E-state index is 10.6. The van der Waals surface area contributed by atoms with Crippen LogP contribution in [0.1, 0.15) is 23.1 Å². The minimum absolute atomic E-state index is 0.0847. The smallest absolute Gasteiger partial charge is 0.200 e. The maximum absolute atomic E-state index is 10.6. The molecule has 0 saturated heterocycles. The SMILES string of the molecule is COc1cc2c(cc1O)C(O)C(c1ccc(OC)c(O)c1O)CO2. The van der Waals surface area contributed by atoms with Crippen molar-refractivity contribution in [2.45, 2.75) is 12.0 Å². The van der Waals surface area contributed by atoms with Crippen LogP contribution in [0.15, 0.2) is 24.3 Å². The lowest BCUT2D eigenvalue weighted by atomic mass is 9.86. The highest BCUT2D eigenvalue weighted by molar-refractivity contribution is 5.57. The Morgan fingerprint density at radius 1 is 0.958 bits per heavy atom. The lowest BCUT2D eigenvalue weighted by Crippen LogP contribution is -2.24. The fourth-order valence-corrected chi connectivity index (χ4v) is 2.87. The molecule has 128 valence electrons. The monoisotopic (exact) mass is 334 g/mol. The summed E-state index contributed by atoms with van der Waals surface area (Å²) in [6.45, 7) is 0.0847. The van der Waals surface area contributed by atoms with Crippen LogP contribution >= 0.6 is 0 Å². The molecule has 2 unspecified atom stereocenters. The summed E-state index contributed by atoms with van der Waals surface area (Å²) in [6, 6.07) is 5.92. The third kappa shape index (κ3) is 2.43. The van der Waals surface area contributed by atoms with Gasteiger partial charge in [0.05, 0.1) is 32.8 Å². The van der Waals surface area contributed by atoms with Gasteiger partial charge in [-0.1, -0.05) is 6.07 Å². The fraction of sp³-hybridized carbons (Fsp3) is 0.294. The van der Waals surface area contributed by atoms with Crippen molar-refractivity contribution in [2.75, 3.05) is 20.8 Å². The molecule has 2 aromatic rings. The summed E-state index contributed by atoms with van der Waals surface area (Å²) < 4.78 is 15.6. The zero-order valence-corrected chi connectivity index (χ0v) is 13.2. The first-order valence-corrected chi connectivity index (χ1v) is 7.28. The van der Waals surface area contributed by atoms with E-state index >= 15 is 0 Å². The van der Waals surface area contributed by atoms with Crippen LogP contribution in [-0.4, -0.2) is 41.3 Å². The topological polar surface area (TPSA) is 109 Å². The quantitative estimate of drug-likeness (QED) is 0.636. The third-order valence-corrected chi connectivity index (χ3v) is 4.19. The van der Waals surface area contributed by atoms with E-state index in [1.165, 1.54) is 32.4 Å². The van der Waals surface area contributed by atoms with E-state index < -0.39 is 17.8 Å². The molecule has 0 aromatic heterocycles. The van der Waals surface area contributed by atoms with Gasteiger partial charge in [-0.25, -0.2) is 0 Å². The molecule has 1 aliphatic rings. The molecule has 1 heterocycles. The maximum Gasteiger partial charge on any atom is 0.200 e. The van der Waals surface area contributed by atoms with Crippen molar-refractivity contribution in [1.29, 1.82) is 0 Å². The molecule has 1 aliphatic heterocycles. The number of aliphatic hydroxyl groups excluding tert-OH is 1. The lowest BCUT2D eigenvalue weighted by molar-refractivity contribution is 0.0869. The van der Waals surface area contributed by atoms with Gasteiger partial charge in [-0.15, -0.1) is 0 Å². The molecule has 0 aliphatic carbocycles. The summed E-state index contributed by atoms with van der Waals surface area (Å²) in [7, 11) is 2.79. The highest BCUT2D eigenvalue weighted by Crippen LogP contribution is 2.49. The summed E-state index contributed by atoms with van der Waals surface area (Å²) in [5.41, 5.74) is 0.695. The number of aromatic hydroxyl groups is 3. The first-order chi connectivity index (χ1) is 11.5. The number of methoxy groups -OCH3 is 2. The molecule has 2 atom stereocenters. The Balaban J connectivity index is 2.01. The largest absolute Gasteiger partial charge is 0.504 e. The standard InChI is InChI=1S/C17H18O7/c1-22-12-4-3-8(16(20)17(12)21)10-7-24-13-6-14(23-2)11(18)5-9(13)15(10)19/h3-6,10,15,18-21H,7H2,1-2H3. The molecule has 0 radical (unpaired) electrons. The minimum Gasteiger partial charge on any atom is -0.504 e. The van der Waals surface area contributed by atoms with Crippen LogP contribution in [0.4, 0.5) is 0 Å². The molecule has 0 saturated carbocycles. The molecule has 3 rings (SSSR count). The molecule has 0 amide bonds. The van der Waals surface area contributed by atoms with Crippen LogP contribution in [0.25, 0.3) is 0 Å². The van der Waals surface area contributed by atoms with Gasteiger partial charge in [-0.05, 0) is 12.1 Å². The number of hydrogen-bond acceptors (Lipinski definition) is 7. The predicted molar refractivity (Wildman–Crippen MR) is 84.2 cm³/mol. The Labute approximate surface area is 138 Å². The molecule has 2 aromatic carbocycles. The Morgan fingerprint density at radius 2 is 1.67 bits per heavy atom. The van der Waals surface area contributed by atoms with Gasteiger partial charge < -0.3 is 34.6 Å². The van der Waals surface area contributed by atoms with Crippen molar-refractivity contribution < 1.29 is 34.6 Å².